The van der Waals surface area contributed by atoms with Crippen molar-refractivity contribution in [2.24, 2.45) is 5.92 Å². The number of piperidine rings is 1. The van der Waals surface area contributed by atoms with Gasteiger partial charge >= 0.3 is 0 Å². The molecule has 1 saturated carbocycles. The molecule has 4 N–H and O–H groups in total. The summed E-state index contributed by atoms with van der Waals surface area (Å²) in [4.78, 5) is 14.5. The molecule has 0 radical (unpaired) electrons. The van der Waals surface area contributed by atoms with Crippen LogP contribution in [0.25, 0.3) is 10.8 Å². The number of benzene rings is 1. The fourth-order valence-corrected chi connectivity index (χ4v) is 4.38. The normalized spacial score (nSPS) is 24.6. The number of rotatable bonds is 5. The topological polar surface area (TPSA) is 69.0 Å². The maximum atomic E-state index is 11.8. The molecule has 0 amide bonds. The van der Waals surface area contributed by atoms with Crippen molar-refractivity contribution in [3.8, 4) is 0 Å². The minimum absolute atomic E-state index is 0.0191. The maximum Gasteiger partial charge on any atom is 0.255 e. The van der Waals surface area contributed by atoms with Gasteiger partial charge in [-0.2, -0.15) is 0 Å². The lowest BCUT2D eigenvalue weighted by atomic mass is 9.90. The Labute approximate surface area is 155 Å². The smallest absolute Gasteiger partial charge is 0.255 e. The number of anilines is 1. The minimum atomic E-state index is -0.0191. The number of aromatic nitrogens is 1. The van der Waals surface area contributed by atoms with E-state index in [9.17, 15) is 4.79 Å². The summed E-state index contributed by atoms with van der Waals surface area (Å²) in [5.41, 5.74) is 1.10. The lowest BCUT2D eigenvalue weighted by Crippen LogP contribution is -2.41. The molecule has 5 heteroatoms. The van der Waals surface area contributed by atoms with Gasteiger partial charge in [0, 0.05) is 29.4 Å². The molecule has 0 atom stereocenters. The van der Waals surface area contributed by atoms with E-state index < -0.39 is 0 Å². The van der Waals surface area contributed by atoms with Gasteiger partial charge in [-0.15, -0.1) is 0 Å². The SMILES string of the molecule is O=c1[nH]ccc2cc(N[C@H]3CC[C@@H](NCC4CCNCC4)CC3)ccc12. The molecule has 0 spiro atoms. The zero-order valence-corrected chi connectivity index (χ0v) is 15.4. The first-order chi connectivity index (χ1) is 12.8. The van der Waals surface area contributed by atoms with Crippen molar-refractivity contribution >= 4 is 16.5 Å². The van der Waals surface area contributed by atoms with Crippen LogP contribution in [0.2, 0.25) is 0 Å². The first-order valence-electron chi connectivity index (χ1n) is 10.1. The number of H-pyrrole nitrogens is 1. The van der Waals surface area contributed by atoms with Crippen LogP contribution in [0, 0.1) is 5.92 Å². The van der Waals surface area contributed by atoms with E-state index in [1.165, 1.54) is 58.2 Å². The highest BCUT2D eigenvalue weighted by Gasteiger charge is 2.22. The molecule has 5 nitrogen and oxygen atoms in total. The minimum Gasteiger partial charge on any atom is -0.382 e. The largest absolute Gasteiger partial charge is 0.382 e. The molecule has 2 heterocycles. The van der Waals surface area contributed by atoms with Crippen molar-refractivity contribution in [2.45, 2.75) is 50.6 Å². The summed E-state index contributed by atoms with van der Waals surface area (Å²) in [5, 5.41) is 12.7. The zero-order valence-electron chi connectivity index (χ0n) is 15.4. The molecule has 4 rings (SSSR count). The predicted molar refractivity (Wildman–Crippen MR) is 108 cm³/mol. The Hall–Kier alpha value is -1.85. The highest BCUT2D eigenvalue weighted by atomic mass is 16.1. The monoisotopic (exact) mass is 354 g/mol. The van der Waals surface area contributed by atoms with Crippen molar-refractivity contribution in [3.05, 3.63) is 40.8 Å². The standard InChI is InChI=1S/C21H30N4O/c26-21-20-6-5-19(13-16(20)9-12-23-21)25-18-3-1-17(2-4-18)24-14-15-7-10-22-11-8-15/h5-6,9,12-13,15,17-18,22,24-25H,1-4,7-8,10-11,14H2,(H,23,26)/t17-,18+. The Kier molecular flexibility index (Phi) is 5.56. The van der Waals surface area contributed by atoms with Crippen LogP contribution in [-0.4, -0.2) is 36.7 Å². The van der Waals surface area contributed by atoms with Gasteiger partial charge in [0.2, 0.25) is 0 Å². The molecule has 1 aliphatic carbocycles. The van der Waals surface area contributed by atoms with Crippen LogP contribution in [0.15, 0.2) is 35.3 Å². The fraction of sp³-hybridized carbons (Fsp3) is 0.571. The van der Waals surface area contributed by atoms with Gasteiger partial charge in [-0.05, 0) is 93.7 Å². The molecule has 0 unspecified atom stereocenters. The number of fused-ring (bicyclic) bond motifs is 1. The third-order valence-electron chi connectivity index (χ3n) is 6.03. The molecule has 2 fully saturated rings. The molecular weight excluding hydrogens is 324 g/mol. The van der Waals surface area contributed by atoms with Gasteiger partial charge in [-0.25, -0.2) is 0 Å². The summed E-state index contributed by atoms with van der Waals surface area (Å²) in [7, 11) is 0. The van der Waals surface area contributed by atoms with Gasteiger partial charge in [0.1, 0.15) is 0 Å². The van der Waals surface area contributed by atoms with Gasteiger partial charge in [0.15, 0.2) is 0 Å². The molecular formula is C21H30N4O. The Balaban J connectivity index is 1.26. The predicted octanol–water partition coefficient (Wildman–Crippen LogP) is 2.84. The Bertz CT molecular complexity index is 773. The van der Waals surface area contributed by atoms with E-state index in [0.29, 0.717) is 12.1 Å². The van der Waals surface area contributed by atoms with Gasteiger partial charge in [-0.3, -0.25) is 4.79 Å². The summed E-state index contributed by atoms with van der Waals surface area (Å²) >= 11 is 0. The van der Waals surface area contributed by atoms with E-state index >= 15 is 0 Å². The lowest BCUT2D eigenvalue weighted by Gasteiger charge is -2.32. The van der Waals surface area contributed by atoms with Crippen molar-refractivity contribution in [1.29, 1.82) is 0 Å². The van der Waals surface area contributed by atoms with Crippen LogP contribution in [-0.2, 0) is 0 Å². The van der Waals surface area contributed by atoms with E-state index in [2.05, 4.69) is 27.0 Å². The summed E-state index contributed by atoms with van der Waals surface area (Å²) in [6, 6.07) is 9.21. The van der Waals surface area contributed by atoms with Gasteiger partial charge < -0.3 is 20.9 Å². The number of pyridine rings is 1. The molecule has 2 aromatic rings. The van der Waals surface area contributed by atoms with Crippen molar-refractivity contribution < 1.29 is 0 Å². The third-order valence-corrected chi connectivity index (χ3v) is 6.03. The summed E-state index contributed by atoms with van der Waals surface area (Å²) < 4.78 is 0. The zero-order chi connectivity index (χ0) is 17.8. The van der Waals surface area contributed by atoms with Gasteiger partial charge in [0.25, 0.3) is 5.56 Å². The molecule has 26 heavy (non-hydrogen) atoms. The second-order valence-corrected chi connectivity index (χ2v) is 7.90. The summed E-state index contributed by atoms with van der Waals surface area (Å²) in [6.45, 7) is 3.55. The van der Waals surface area contributed by atoms with Gasteiger partial charge in [0.05, 0.1) is 0 Å². The van der Waals surface area contributed by atoms with Crippen molar-refractivity contribution in [1.82, 2.24) is 15.6 Å². The molecule has 2 aliphatic rings. The quantitative estimate of drug-likeness (QED) is 0.666. The Morgan fingerprint density at radius 3 is 2.54 bits per heavy atom. The molecule has 0 bridgehead atoms. The van der Waals surface area contributed by atoms with E-state index in [1.54, 1.807) is 6.20 Å². The lowest BCUT2D eigenvalue weighted by molar-refractivity contribution is 0.301. The van der Waals surface area contributed by atoms with Crippen LogP contribution >= 0.6 is 0 Å². The van der Waals surface area contributed by atoms with E-state index in [0.717, 1.165) is 22.4 Å². The molecule has 1 saturated heterocycles. The average Bonchev–Trinajstić information content (AvgIpc) is 2.68. The maximum absolute atomic E-state index is 11.8. The highest BCUT2D eigenvalue weighted by Crippen LogP contribution is 2.24. The van der Waals surface area contributed by atoms with Gasteiger partial charge in [-0.1, -0.05) is 0 Å². The van der Waals surface area contributed by atoms with Crippen LogP contribution in [0.1, 0.15) is 38.5 Å². The molecule has 1 aliphatic heterocycles. The Morgan fingerprint density at radius 1 is 0.962 bits per heavy atom. The summed E-state index contributed by atoms with van der Waals surface area (Å²) in [5.74, 6) is 0.854. The van der Waals surface area contributed by atoms with Crippen molar-refractivity contribution in [2.75, 3.05) is 25.0 Å². The van der Waals surface area contributed by atoms with Crippen LogP contribution in [0.5, 0.6) is 0 Å². The molecule has 140 valence electrons. The average molecular weight is 354 g/mol. The van der Waals surface area contributed by atoms with Crippen LogP contribution < -0.4 is 21.5 Å². The first-order valence-corrected chi connectivity index (χ1v) is 10.1. The second-order valence-electron chi connectivity index (χ2n) is 7.90. The number of hydrogen-bond acceptors (Lipinski definition) is 4. The van der Waals surface area contributed by atoms with E-state index in [1.807, 2.05) is 18.2 Å². The molecule has 1 aromatic heterocycles. The second kappa shape index (κ2) is 8.23. The number of hydrogen-bond donors (Lipinski definition) is 4. The Morgan fingerprint density at radius 2 is 1.73 bits per heavy atom. The van der Waals surface area contributed by atoms with E-state index in [-0.39, 0.29) is 5.56 Å². The van der Waals surface area contributed by atoms with Crippen molar-refractivity contribution in [3.63, 3.8) is 0 Å². The van der Waals surface area contributed by atoms with E-state index in [4.69, 9.17) is 0 Å². The number of aromatic amines is 1. The molecule has 1 aromatic carbocycles. The number of nitrogens with one attached hydrogen (secondary N) is 4. The van der Waals surface area contributed by atoms with Crippen LogP contribution in [0.4, 0.5) is 5.69 Å². The first kappa shape index (κ1) is 17.6. The third kappa shape index (κ3) is 4.27. The fourth-order valence-electron chi connectivity index (χ4n) is 4.38. The summed E-state index contributed by atoms with van der Waals surface area (Å²) in [6.07, 6.45) is 9.25. The van der Waals surface area contributed by atoms with Crippen LogP contribution in [0.3, 0.4) is 0 Å². The highest BCUT2D eigenvalue weighted by molar-refractivity contribution is 5.84.